The van der Waals surface area contributed by atoms with E-state index in [0.29, 0.717) is 0 Å². The van der Waals surface area contributed by atoms with E-state index in [9.17, 15) is 4.79 Å². The minimum atomic E-state index is -1.09. The molecule has 3 nitrogen and oxygen atoms in total. The fraction of sp³-hybridized carbons (Fsp3) is 0.500. The third kappa shape index (κ3) is 3.85. The second-order valence-corrected chi connectivity index (χ2v) is 5.21. The summed E-state index contributed by atoms with van der Waals surface area (Å²) in [6.45, 7) is 4.23. The van der Waals surface area contributed by atoms with Crippen LogP contribution >= 0.6 is 23.2 Å². The summed E-state index contributed by atoms with van der Waals surface area (Å²) in [6.07, 6.45) is 1.65. The smallest absolute Gasteiger partial charge is 0.262 e. The number of hydrogen-bond acceptors (Lipinski definition) is 2. The van der Waals surface area contributed by atoms with Gasteiger partial charge in [0.1, 0.15) is 6.73 Å². The quantitative estimate of drug-likeness (QED) is 0.594. The fourth-order valence-electron chi connectivity index (χ4n) is 2.05. The Balaban J connectivity index is 3.31. The zero-order valence-electron chi connectivity index (χ0n) is 11.5. The predicted octanol–water partition coefficient (Wildman–Crippen LogP) is 3.55. The molecule has 0 atom stereocenters. The van der Waals surface area contributed by atoms with Crippen molar-refractivity contribution in [3.63, 3.8) is 0 Å². The molecule has 1 aromatic rings. The molecule has 19 heavy (non-hydrogen) atoms. The lowest BCUT2D eigenvalue weighted by Crippen LogP contribution is -2.37. The van der Waals surface area contributed by atoms with Gasteiger partial charge in [-0.05, 0) is 24.0 Å². The normalized spacial score (nSPS) is 10.8. The van der Waals surface area contributed by atoms with E-state index in [1.165, 1.54) is 12.0 Å². The van der Waals surface area contributed by atoms with E-state index in [-0.39, 0.29) is 12.6 Å². The number of para-hydroxylation sites is 1. The first-order chi connectivity index (χ1) is 9.06. The summed E-state index contributed by atoms with van der Waals surface area (Å²) < 4.78 is 5.12. The number of amides is 1. The van der Waals surface area contributed by atoms with Crippen molar-refractivity contribution in [1.82, 2.24) is 0 Å². The first-order valence-electron chi connectivity index (χ1n) is 6.25. The van der Waals surface area contributed by atoms with Crippen molar-refractivity contribution in [2.45, 2.75) is 31.5 Å². The van der Waals surface area contributed by atoms with E-state index in [2.05, 4.69) is 0 Å². The van der Waals surface area contributed by atoms with Gasteiger partial charge in [0, 0.05) is 7.11 Å². The van der Waals surface area contributed by atoms with Gasteiger partial charge in [-0.15, -0.1) is 0 Å². The average molecular weight is 304 g/mol. The van der Waals surface area contributed by atoms with Crippen molar-refractivity contribution >= 4 is 34.8 Å². The van der Waals surface area contributed by atoms with E-state index in [1.54, 1.807) is 0 Å². The minimum absolute atomic E-state index is 0.138. The third-order valence-corrected chi connectivity index (χ3v) is 3.32. The van der Waals surface area contributed by atoms with Gasteiger partial charge < -0.3 is 4.74 Å². The van der Waals surface area contributed by atoms with Crippen LogP contribution in [0.15, 0.2) is 18.2 Å². The molecule has 0 saturated carbocycles. The molecule has 0 aliphatic carbocycles. The summed E-state index contributed by atoms with van der Waals surface area (Å²) in [5, 5.41) is 0. The van der Waals surface area contributed by atoms with E-state index in [4.69, 9.17) is 27.9 Å². The van der Waals surface area contributed by atoms with Crippen molar-refractivity contribution in [2.24, 2.45) is 0 Å². The summed E-state index contributed by atoms with van der Waals surface area (Å²) in [4.78, 5) is 12.6. The number of ether oxygens (including phenoxy) is 1. The van der Waals surface area contributed by atoms with E-state index in [1.807, 2.05) is 32.0 Å². The molecule has 0 heterocycles. The van der Waals surface area contributed by atoms with Crippen molar-refractivity contribution in [1.29, 1.82) is 0 Å². The highest BCUT2D eigenvalue weighted by atomic mass is 35.5. The van der Waals surface area contributed by atoms with Crippen molar-refractivity contribution in [2.75, 3.05) is 18.7 Å². The summed E-state index contributed by atoms with van der Waals surface area (Å²) >= 11 is 11.4. The van der Waals surface area contributed by atoms with Gasteiger partial charge in [0.25, 0.3) is 5.91 Å². The second kappa shape index (κ2) is 7.73. The van der Waals surface area contributed by atoms with Crippen LogP contribution < -0.4 is 4.90 Å². The van der Waals surface area contributed by atoms with Crippen LogP contribution in [0.2, 0.25) is 0 Å². The van der Waals surface area contributed by atoms with E-state index < -0.39 is 4.84 Å². The number of alkyl halides is 2. The largest absolute Gasteiger partial charge is 0.364 e. The molecular weight excluding hydrogens is 285 g/mol. The number of halogens is 2. The molecule has 0 saturated heterocycles. The molecule has 0 bridgehead atoms. The molecule has 0 spiro atoms. The lowest BCUT2D eigenvalue weighted by Gasteiger charge is -2.27. The summed E-state index contributed by atoms with van der Waals surface area (Å²) in [5.74, 6) is -0.360. The monoisotopic (exact) mass is 303 g/mol. The maximum atomic E-state index is 12.2. The number of methoxy groups -OCH3 is 1. The summed E-state index contributed by atoms with van der Waals surface area (Å²) in [6, 6.07) is 6.00. The van der Waals surface area contributed by atoms with Crippen LogP contribution in [-0.4, -0.2) is 24.6 Å². The predicted molar refractivity (Wildman–Crippen MR) is 80.1 cm³/mol. The number of carbonyl (C=O) groups excluding carboxylic acids is 1. The summed E-state index contributed by atoms with van der Waals surface area (Å²) in [5.41, 5.74) is 3.03. The Hall–Kier alpha value is -0.770. The van der Waals surface area contributed by atoms with Gasteiger partial charge in [0.2, 0.25) is 0 Å². The second-order valence-electron chi connectivity index (χ2n) is 4.12. The average Bonchev–Trinajstić information content (AvgIpc) is 2.43. The molecule has 0 fully saturated rings. The zero-order chi connectivity index (χ0) is 14.4. The lowest BCUT2D eigenvalue weighted by atomic mass is 10.0. The van der Waals surface area contributed by atoms with Crippen LogP contribution in [0.3, 0.4) is 0 Å². The van der Waals surface area contributed by atoms with Crippen LogP contribution in [0.1, 0.15) is 25.0 Å². The van der Waals surface area contributed by atoms with Gasteiger partial charge >= 0.3 is 0 Å². The Bertz CT molecular complexity index is 413. The van der Waals surface area contributed by atoms with Crippen molar-refractivity contribution in [3.8, 4) is 0 Å². The molecule has 1 amide bonds. The van der Waals surface area contributed by atoms with Crippen LogP contribution in [0.25, 0.3) is 0 Å². The molecular formula is C14H19Cl2NO2. The van der Waals surface area contributed by atoms with Crippen LogP contribution in [0.4, 0.5) is 5.69 Å². The van der Waals surface area contributed by atoms with Gasteiger partial charge in [-0.2, -0.15) is 0 Å². The number of anilines is 1. The molecule has 0 aliphatic heterocycles. The van der Waals surface area contributed by atoms with Gasteiger partial charge in [0.15, 0.2) is 4.84 Å². The molecule has 5 heteroatoms. The van der Waals surface area contributed by atoms with Gasteiger partial charge in [-0.1, -0.05) is 55.2 Å². The molecule has 0 aromatic heterocycles. The maximum absolute atomic E-state index is 12.2. The Kier molecular flexibility index (Phi) is 6.63. The van der Waals surface area contributed by atoms with Crippen LogP contribution in [0, 0.1) is 0 Å². The SMILES string of the molecule is CCc1cccc(CC)c1N(COC)C(=O)C(Cl)Cl. The lowest BCUT2D eigenvalue weighted by molar-refractivity contribution is -0.118. The summed E-state index contributed by atoms with van der Waals surface area (Å²) in [7, 11) is 1.54. The Morgan fingerprint density at radius 3 is 2.16 bits per heavy atom. The first kappa shape index (κ1) is 16.3. The molecule has 0 radical (unpaired) electrons. The topological polar surface area (TPSA) is 29.5 Å². The Morgan fingerprint density at radius 2 is 1.79 bits per heavy atom. The van der Waals surface area contributed by atoms with Gasteiger partial charge in [-0.3, -0.25) is 9.69 Å². The van der Waals surface area contributed by atoms with Gasteiger partial charge in [-0.25, -0.2) is 0 Å². The Morgan fingerprint density at radius 1 is 1.26 bits per heavy atom. The Labute approximate surface area is 124 Å². The molecule has 0 N–H and O–H groups in total. The number of benzene rings is 1. The maximum Gasteiger partial charge on any atom is 0.262 e. The third-order valence-electron chi connectivity index (χ3n) is 2.95. The number of nitrogens with zero attached hydrogens (tertiary/aromatic N) is 1. The molecule has 0 aliphatic rings. The number of aryl methyl sites for hydroxylation is 2. The standard InChI is InChI=1S/C14H19Cl2NO2/c1-4-10-7-6-8-11(5-2)12(10)17(9-19-3)14(18)13(15)16/h6-8,13H,4-5,9H2,1-3H3. The highest BCUT2D eigenvalue weighted by molar-refractivity contribution is 6.54. The van der Waals surface area contributed by atoms with Crippen LogP contribution in [-0.2, 0) is 22.4 Å². The highest BCUT2D eigenvalue weighted by Gasteiger charge is 2.25. The number of carbonyl (C=O) groups is 1. The highest BCUT2D eigenvalue weighted by Crippen LogP contribution is 2.28. The number of rotatable bonds is 6. The number of hydrogen-bond donors (Lipinski definition) is 0. The molecule has 1 aromatic carbocycles. The fourth-order valence-corrected chi connectivity index (χ4v) is 2.28. The minimum Gasteiger partial charge on any atom is -0.364 e. The van der Waals surface area contributed by atoms with E-state index in [0.717, 1.165) is 29.7 Å². The van der Waals surface area contributed by atoms with Crippen LogP contribution in [0.5, 0.6) is 0 Å². The zero-order valence-corrected chi connectivity index (χ0v) is 13.0. The molecule has 106 valence electrons. The van der Waals surface area contributed by atoms with Crippen molar-refractivity contribution in [3.05, 3.63) is 29.3 Å². The molecule has 1 rings (SSSR count). The van der Waals surface area contributed by atoms with Gasteiger partial charge in [0.05, 0.1) is 5.69 Å². The molecule has 0 unspecified atom stereocenters. The van der Waals surface area contributed by atoms with E-state index >= 15 is 0 Å². The first-order valence-corrected chi connectivity index (χ1v) is 7.13. The van der Waals surface area contributed by atoms with Crippen molar-refractivity contribution < 1.29 is 9.53 Å².